The van der Waals surface area contributed by atoms with Crippen molar-refractivity contribution in [3.05, 3.63) is 138 Å². The van der Waals surface area contributed by atoms with Crippen molar-refractivity contribution in [2.24, 2.45) is 28.2 Å². The van der Waals surface area contributed by atoms with E-state index in [2.05, 4.69) is 20.6 Å². The Bertz CT molecular complexity index is 3030. The second kappa shape index (κ2) is 16.4. The molecule has 0 aliphatic carbocycles. The second-order valence-corrected chi connectivity index (χ2v) is 13.4. The number of carbonyl (C=O) groups excluding carboxylic acids is 3. The molecule has 2 N–H and O–H groups in total. The van der Waals surface area contributed by atoms with Crippen molar-refractivity contribution in [2.45, 2.75) is 20.0 Å². The Balaban J connectivity index is 0.000000198. The molecule has 18 nitrogen and oxygen atoms in total. The molecule has 0 aliphatic heterocycles. The summed E-state index contributed by atoms with van der Waals surface area (Å²) in [7, 11) is 6.80. The Hall–Kier alpha value is -7.77. The summed E-state index contributed by atoms with van der Waals surface area (Å²) in [5.74, 6) is -3.40. The number of hydrogen-bond acceptors (Lipinski definition) is 9. The number of likely N-dealkylation sites (N-methyl/N-ethyl adjacent to an activating group) is 1. The Kier molecular flexibility index (Phi) is 11.3. The number of hydrogen-bond donors (Lipinski definition) is 2. The van der Waals surface area contributed by atoms with E-state index in [0.29, 0.717) is 10.6 Å². The molecule has 0 aliphatic rings. The molecule has 0 fully saturated rings. The maximum Gasteiger partial charge on any atom is 0.332 e. The number of aryl methyl sites for hydroxylation is 3. The summed E-state index contributed by atoms with van der Waals surface area (Å²) in [5, 5.41) is 4.95. The van der Waals surface area contributed by atoms with Crippen molar-refractivity contribution in [3.8, 4) is 11.1 Å². The lowest BCUT2D eigenvalue weighted by Crippen LogP contribution is -2.40. The quantitative estimate of drug-likeness (QED) is 0.243. The van der Waals surface area contributed by atoms with Gasteiger partial charge in [-0.2, -0.15) is 0 Å². The van der Waals surface area contributed by atoms with E-state index < -0.39 is 58.3 Å². The number of benzene rings is 3. The minimum absolute atomic E-state index is 0.00779. The SMILES string of the molecule is Cc1ccc(NC(=O)N(C)C(=O)Cn2cnc3c2c(=O)n(C)c(=O)n3C)c(F)c1F.Cn1c(=O)c2c(ncn2CC(=O)Nc2ccc(-c3ccccc3)cc2)n(C)c1=O. The number of halogens is 2. The van der Waals surface area contributed by atoms with Crippen molar-refractivity contribution in [3.63, 3.8) is 0 Å². The third kappa shape index (κ3) is 7.95. The van der Waals surface area contributed by atoms with Crippen LogP contribution in [-0.2, 0) is 50.9 Å². The van der Waals surface area contributed by atoms with E-state index in [9.17, 15) is 42.3 Å². The van der Waals surface area contributed by atoms with Crippen LogP contribution in [0.2, 0.25) is 0 Å². The minimum atomic E-state index is -1.24. The summed E-state index contributed by atoms with van der Waals surface area (Å²) in [6.45, 7) is 0.832. The molecule has 7 rings (SSSR count). The highest BCUT2D eigenvalue weighted by Crippen LogP contribution is 2.22. The number of imide groups is 1. The van der Waals surface area contributed by atoms with Crippen LogP contribution in [-0.4, -0.2) is 67.2 Å². The number of anilines is 2. The molecule has 3 aromatic carbocycles. The van der Waals surface area contributed by atoms with Crippen molar-refractivity contribution in [2.75, 3.05) is 17.7 Å². The monoisotopic (exact) mass is 809 g/mol. The van der Waals surface area contributed by atoms with Crippen LogP contribution in [0.15, 0.2) is 98.6 Å². The van der Waals surface area contributed by atoms with Crippen LogP contribution < -0.4 is 33.1 Å². The van der Waals surface area contributed by atoms with Crippen LogP contribution in [0.5, 0.6) is 0 Å². The predicted molar refractivity (Wildman–Crippen MR) is 214 cm³/mol. The lowest BCUT2D eigenvalue weighted by atomic mass is 10.1. The maximum atomic E-state index is 13.9. The van der Waals surface area contributed by atoms with Gasteiger partial charge in [0.2, 0.25) is 11.8 Å². The summed E-state index contributed by atoms with van der Waals surface area (Å²) in [4.78, 5) is 94.9. The van der Waals surface area contributed by atoms with Crippen LogP contribution in [0.25, 0.3) is 33.5 Å². The smallest absolute Gasteiger partial charge is 0.325 e. The number of imidazole rings is 2. The van der Waals surface area contributed by atoms with E-state index in [-0.39, 0.29) is 40.3 Å². The van der Waals surface area contributed by atoms with Gasteiger partial charge in [0.05, 0.1) is 18.3 Å². The van der Waals surface area contributed by atoms with Crippen molar-refractivity contribution < 1.29 is 23.2 Å². The number of urea groups is 1. The molecule has 20 heteroatoms. The largest absolute Gasteiger partial charge is 0.332 e. The number of nitrogens with one attached hydrogen (secondary N) is 2. The molecule has 4 heterocycles. The highest BCUT2D eigenvalue weighted by molar-refractivity contribution is 6.01. The minimum Gasteiger partial charge on any atom is -0.325 e. The number of amides is 4. The molecule has 0 unspecified atom stereocenters. The molecule has 0 saturated heterocycles. The summed E-state index contributed by atoms with van der Waals surface area (Å²) in [6, 6.07) is 18.9. The van der Waals surface area contributed by atoms with Crippen LogP contribution >= 0.6 is 0 Å². The van der Waals surface area contributed by atoms with E-state index in [4.69, 9.17) is 0 Å². The van der Waals surface area contributed by atoms with Crippen molar-refractivity contribution in [1.29, 1.82) is 0 Å². The molecule has 304 valence electrons. The van der Waals surface area contributed by atoms with Gasteiger partial charge in [-0.1, -0.05) is 48.5 Å². The highest BCUT2D eigenvalue weighted by atomic mass is 19.2. The van der Waals surface area contributed by atoms with Gasteiger partial charge in [0.15, 0.2) is 34.0 Å². The van der Waals surface area contributed by atoms with Gasteiger partial charge in [-0.05, 0) is 41.8 Å². The second-order valence-electron chi connectivity index (χ2n) is 13.4. The molecule has 0 spiro atoms. The number of carbonyl (C=O) groups is 3. The van der Waals surface area contributed by atoms with Gasteiger partial charge < -0.3 is 19.8 Å². The Morgan fingerprint density at radius 2 is 1.15 bits per heavy atom. The first-order chi connectivity index (χ1) is 28.0. The average molecular weight is 810 g/mol. The Morgan fingerprint density at radius 3 is 1.69 bits per heavy atom. The number of fused-ring (bicyclic) bond motifs is 2. The van der Waals surface area contributed by atoms with Crippen LogP contribution in [0, 0.1) is 18.6 Å². The van der Waals surface area contributed by atoms with E-state index in [1.54, 1.807) is 0 Å². The molecular formula is C39H37F2N11O7. The standard InChI is InChI=1S/C21H19N5O3.C18H18F2N6O4/c1-24-19-18(20(28)25(2)21(24)29)26(13-22-19)12-17(27)23-16-10-8-15(9-11-16)14-6-4-3-5-7-14;1-9-5-6-10(13(20)12(9)19)22-17(29)23(2)11(27)7-26-8-21-15-14(26)16(28)25(4)18(30)24(15)3/h3-11,13H,12H2,1-2H3,(H,23,27);5-6,8H,7H2,1-4H3,(H,22,29). The van der Waals surface area contributed by atoms with Crippen LogP contribution in [0.3, 0.4) is 0 Å². The lowest BCUT2D eigenvalue weighted by Gasteiger charge is -2.17. The summed E-state index contributed by atoms with van der Waals surface area (Å²) < 4.78 is 34.6. The van der Waals surface area contributed by atoms with Gasteiger partial charge in [0, 0.05) is 40.9 Å². The van der Waals surface area contributed by atoms with Gasteiger partial charge in [-0.15, -0.1) is 0 Å². The van der Waals surface area contributed by atoms with Gasteiger partial charge in [0.1, 0.15) is 13.1 Å². The molecule has 0 radical (unpaired) electrons. The van der Waals surface area contributed by atoms with E-state index >= 15 is 0 Å². The lowest BCUT2D eigenvalue weighted by molar-refractivity contribution is -0.127. The third-order valence-electron chi connectivity index (χ3n) is 9.53. The molecule has 4 aromatic heterocycles. The van der Waals surface area contributed by atoms with E-state index in [1.165, 1.54) is 73.6 Å². The molecule has 0 saturated carbocycles. The molecular weight excluding hydrogens is 772 g/mol. The molecule has 0 bridgehead atoms. The zero-order valence-electron chi connectivity index (χ0n) is 32.6. The molecule has 0 atom stereocenters. The summed E-state index contributed by atoms with van der Waals surface area (Å²) in [6.07, 6.45) is 2.59. The van der Waals surface area contributed by atoms with Gasteiger partial charge in [0.25, 0.3) is 11.1 Å². The predicted octanol–water partition coefficient (Wildman–Crippen LogP) is 2.45. The number of aromatic nitrogens is 8. The van der Waals surface area contributed by atoms with Crippen LogP contribution in [0.1, 0.15) is 5.56 Å². The van der Waals surface area contributed by atoms with Gasteiger partial charge >= 0.3 is 17.4 Å². The fourth-order valence-electron chi connectivity index (χ4n) is 6.07. The first-order valence-electron chi connectivity index (χ1n) is 17.7. The normalized spacial score (nSPS) is 11.0. The van der Waals surface area contributed by atoms with Crippen LogP contribution in [0.4, 0.5) is 25.0 Å². The molecule has 7 aromatic rings. The third-order valence-corrected chi connectivity index (χ3v) is 9.53. The number of nitrogens with zero attached hydrogens (tertiary/aromatic N) is 9. The zero-order chi connectivity index (χ0) is 42.9. The first kappa shape index (κ1) is 40.9. The molecule has 4 amide bonds. The fourth-order valence-corrected chi connectivity index (χ4v) is 6.07. The average Bonchev–Trinajstić information content (AvgIpc) is 3.85. The zero-order valence-corrected chi connectivity index (χ0v) is 32.6. The summed E-state index contributed by atoms with van der Waals surface area (Å²) >= 11 is 0. The topological polar surface area (TPSA) is 202 Å². The Morgan fingerprint density at radius 1 is 0.644 bits per heavy atom. The van der Waals surface area contributed by atoms with Gasteiger partial charge in [-0.3, -0.25) is 42.3 Å². The fraction of sp³-hybridized carbons (Fsp3) is 0.205. The first-order valence-corrected chi connectivity index (χ1v) is 17.7. The molecule has 59 heavy (non-hydrogen) atoms. The van der Waals surface area contributed by atoms with E-state index in [0.717, 1.165) is 31.9 Å². The maximum absolute atomic E-state index is 13.9. The van der Waals surface area contributed by atoms with Crippen molar-refractivity contribution in [1.82, 2.24) is 42.3 Å². The van der Waals surface area contributed by atoms with Gasteiger partial charge in [-0.25, -0.2) is 33.1 Å². The van der Waals surface area contributed by atoms with E-state index in [1.807, 2.05) is 54.6 Å². The Labute approximate surface area is 331 Å². The van der Waals surface area contributed by atoms with Crippen molar-refractivity contribution >= 4 is 51.5 Å². The summed E-state index contributed by atoms with van der Waals surface area (Å²) in [5.41, 5.74) is 0.824. The number of rotatable bonds is 7. The highest BCUT2D eigenvalue weighted by Gasteiger charge is 2.23.